The molecular weight excluding hydrogens is 248 g/mol. The Bertz CT molecular complexity index is 570. The summed E-state index contributed by atoms with van der Waals surface area (Å²) < 4.78 is 5.84. The first-order chi connectivity index (χ1) is 8.60. The molecule has 0 saturated carbocycles. The van der Waals surface area contributed by atoms with E-state index in [1.54, 1.807) is 12.1 Å². The summed E-state index contributed by atoms with van der Waals surface area (Å²) in [6.07, 6.45) is 0. The van der Waals surface area contributed by atoms with Crippen LogP contribution in [0.5, 0.6) is 11.5 Å². The predicted molar refractivity (Wildman–Crippen MR) is 73.1 cm³/mol. The monoisotopic (exact) mass is 262 g/mol. The Morgan fingerprint density at radius 3 is 2.72 bits per heavy atom. The highest BCUT2D eigenvalue weighted by atomic mass is 35.5. The highest BCUT2D eigenvalue weighted by Gasteiger charge is 2.09. The molecule has 4 heteroatoms. The molecule has 0 saturated heterocycles. The predicted octanol–water partition coefficient (Wildman–Crippen LogP) is 3.60. The van der Waals surface area contributed by atoms with Gasteiger partial charge in [0.25, 0.3) is 0 Å². The Morgan fingerprint density at radius 1 is 1.28 bits per heavy atom. The first-order valence-electron chi connectivity index (χ1n) is 5.70. The van der Waals surface area contributed by atoms with Crippen LogP contribution in [-0.4, -0.2) is 4.98 Å². The standard InChI is InChI=1S/C14H15ClN2O/c1-9-6-14(13(8-16)10(2)17-9)18-12-5-3-4-11(15)7-12/h3-7H,8,16H2,1-2H3. The van der Waals surface area contributed by atoms with Crippen LogP contribution in [0.2, 0.25) is 5.02 Å². The topological polar surface area (TPSA) is 48.1 Å². The highest BCUT2D eigenvalue weighted by Crippen LogP contribution is 2.28. The Hall–Kier alpha value is -1.58. The van der Waals surface area contributed by atoms with Gasteiger partial charge in [-0.05, 0) is 32.0 Å². The van der Waals surface area contributed by atoms with Gasteiger partial charge in [0, 0.05) is 34.6 Å². The van der Waals surface area contributed by atoms with E-state index in [0.717, 1.165) is 22.7 Å². The molecule has 0 atom stereocenters. The fourth-order valence-corrected chi connectivity index (χ4v) is 2.00. The van der Waals surface area contributed by atoms with Gasteiger partial charge in [-0.2, -0.15) is 0 Å². The van der Waals surface area contributed by atoms with Crippen LogP contribution in [-0.2, 0) is 6.54 Å². The molecule has 2 rings (SSSR count). The average Bonchev–Trinajstić information content (AvgIpc) is 2.28. The number of aromatic nitrogens is 1. The zero-order valence-electron chi connectivity index (χ0n) is 10.4. The van der Waals surface area contributed by atoms with Gasteiger partial charge in [-0.15, -0.1) is 0 Å². The normalized spacial score (nSPS) is 10.4. The molecule has 0 amide bonds. The van der Waals surface area contributed by atoms with Crippen LogP contribution in [0.4, 0.5) is 0 Å². The van der Waals surface area contributed by atoms with Crippen LogP contribution in [0, 0.1) is 13.8 Å². The molecule has 0 radical (unpaired) electrons. The van der Waals surface area contributed by atoms with Crippen molar-refractivity contribution in [1.82, 2.24) is 4.98 Å². The maximum Gasteiger partial charge on any atom is 0.135 e. The van der Waals surface area contributed by atoms with Crippen molar-refractivity contribution in [3.8, 4) is 11.5 Å². The number of halogens is 1. The number of hydrogen-bond acceptors (Lipinski definition) is 3. The lowest BCUT2D eigenvalue weighted by Gasteiger charge is -2.13. The van der Waals surface area contributed by atoms with E-state index in [4.69, 9.17) is 22.1 Å². The number of benzene rings is 1. The lowest BCUT2D eigenvalue weighted by molar-refractivity contribution is 0.474. The van der Waals surface area contributed by atoms with E-state index in [9.17, 15) is 0 Å². The highest BCUT2D eigenvalue weighted by molar-refractivity contribution is 6.30. The number of aryl methyl sites for hydroxylation is 2. The summed E-state index contributed by atoms with van der Waals surface area (Å²) in [7, 11) is 0. The summed E-state index contributed by atoms with van der Waals surface area (Å²) in [5.74, 6) is 1.44. The van der Waals surface area contributed by atoms with Crippen molar-refractivity contribution >= 4 is 11.6 Å². The summed E-state index contributed by atoms with van der Waals surface area (Å²) in [6, 6.07) is 9.17. The maximum absolute atomic E-state index is 5.93. The number of nitrogens with two attached hydrogens (primary N) is 1. The van der Waals surface area contributed by atoms with Crippen LogP contribution in [0.25, 0.3) is 0 Å². The molecule has 3 nitrogen and oxygen atoms in total. The lowest BCUT2D eigenvalue weighted by Crippen LogP contribution is -2.04. The molecule has 0 fully saturated rings. The van der Waals surface area contributed by atoms with Gasteiger partial charge in [-0.25, -0.2) is 0 Å². The number of pyridine rings is 1. The molecule has 0 aliphatic carbocycles. The van der Waals surface area contributed by atoms with Gasteiger partial charge >= 0.3 is 0 Å². The van der Waals surface area contributed by atoms with Gasteiger partial charge < -0.3 is 10.5 Å². The number of nitrogens with zero attached hydrogens (tertiary/aromatic N) is 1. The van der Waals surface area contributed by atoms with Crippen molar-refractivity contribution in [2.24, 2.45) is 5.73 Å². The Morgan fingerprint density at radius 2 is 2.06 bits per heavy atom. The molecule has 0 bridgehead atoms. The zero-order chi connectivity index (χ0) is 13.1. The lowest BCUT2D eigenvalue weighted by atomic mass is 10.1. The van der Waals surface area contributed by atoms with Crippen LogP contribution >= 0.6 is 11.6 Å². The third-order valence-electron chi connectivity index (χ3n) is 2.65. The summed E-state index contributed by atoms with van der Waals surface area (Å²) in [6.45, 7) is 4.26. The quantitative estimate of drug-likeness (QED) is 0.919. The van der Waals surface area contributed by atoms with E-state index in [1.807, 2.05) is 32.0 Å². The Labute approximate surface area is 112 Å². The first kappa shape index (κ1) is 12.9. The van der Waals surface area contributed by atoms with Gasteiger partial charge in [0.2, 0.25) is 0 Å². The summed E-state index contributed by atoms with van der Waals surface area (Å²) >= 11 is 5.93. The van der Waals surface area contributed by atoms with E-state index in [1.165, 1.54) is 0 Å². The Kier molecular flexibility index (Phi) is 3.84. The third kappa shape index (κ3) is 2.81. The minimum atomic E-state index is 0.398. The molecule has 0 unspecified atom stereocenters. The van der Waals surface area contributed by atoms with E-state index < -0.39 is 0 Å². The third-order valence-corrected chi connectivity index (χ3v) is 2.88. The molecule has 1 heterocycles. The number of rotatable bonds is 3. The van der Waals surface area contributed by atoms with Crippen molar-refractivity contribution in [2.75, 3.05) is 0 Å². The van der Waals surface area contributed by atoms with Gasteiger partial charge in [-0.1, -0.05) is 17.7 Å². The van der Waals surface area contributed by atoms with E-state index in [-0.39, 0.29) is 0 Å². The molecule has 0 aliphatic rings. The molecule has 0 aliphatic heterocycles. The summed E-state index contributed by atoms with van der Waals surface area (Å²) in [5.41, 5.74) is 8.46. The molecular formula is C14H15ClN2O. The second kappa shape index (κ2) is 5.38. The summed E-state index contributed by atoms with van der Waals surface area (Å²) in [4.78, 5) is 4.38. The second-order valence-electron chi connectivity index (χ2n) is 4.09. The molecule has 2 aromatic rings. The minimum Gasteiger partial charge on any atom is -0.457 e. The molecule has 1 aromatic heterocycles. The smallest absolute Gasteiger partial charge is 0.135 e. The summed E-state index contributed by atoms with van der Waals surface area (Å²) in [5, 5.41) is 0.643. The van der Waals surface area contributed by atoms with Crippen molar-refractivity contribution < 1.29 is 4.74 Å². The van der Waals surface area contributed by atoms with Gasteiger partial charge in [-0.3, -0.25) is 4.98 Å². The molecule has 94 valence electrons. The maximum atomic E-state index is 5.93. The average molecular weight is 263 g/mol. The molecule has 18 heavy (non-hydrogen) atoms. The Balaban J connectivity index is 2.39. The van der Waals surface area contributed by atoms with E-state index in [0.29, 0.717) is 17.3 Å². The zero-order valence-corrected chi connectivity index (χ0v) is 11.2. The fourth-order valence-electron chi connectivity index (χ4n) is 1.82. The fraction of sp³-hybridized carbons (Fsp3) is 0.214. The molecule has 1 aromatic carbocycles. The molecule has 0 spiro atoms. The van der Waals surface area contributed by atoms with Gasteiger partial charge in [0.05, 0.1) is 0 Å². The van der Waals surface area contributed by atoms with Crippen molar-refractivity contribution in [3.63, 3.8) is 0 Å². The van der Waals surface area contributed by atoms with Crippen molar-refractivity contribution in [1.29, 1.82) is 0 Å². The first-order valence-corrected chi connectivity index (χ1v) is 6.08. The van der Waals surface area contributed by atoms with Gasteiger partial charge in [0.1, 0.15) is 11.5 Å². The largest absolute Gasteiger partial charge is 0.457 e. The van der Waals surface area contributed by atoms with Crippen LogP contribution in [0.1, 0.15) is 17.0 Å². The van der Waals surface area contributed by atoms with E-state index in [2.05, 4.69) is 4.98 Å². The van der Waals surface area contributed by atoms with Crippen molar-refractivity contribution in [2.45, 2.75) is 20.4 Å². The van der Waals surface area contributed by atoms with Crippen molar-refractivity contribution in [3.05, 3.63) is 52.3 Å². The second-order valence-corrected chi connectivity index (χ2v) is 4.53. The number of hydrogen-bond donors (Lipinski definition) is 1. The van der Waals surface area contributed by atoms with Gasteiger partial charge in [0.15, 0.2) is 0 Å². The SMILES string of the molecule is Cc1cc(Oc2cccc(Cl)c2)c(CN)c(C)n1. The number of ether oxygens (including phenoxy) is 1. The van der Waals surface area contributed by atoms with Crippen LogP contribution in [0.15, 0.2) is 30.3 Å². The minimum absolute atomic E-state index is 0.398. The van der Waals surface area contributed by atoms with E-state index >= 15 is 0 Å². The molecule has 2 N–H and O–H groups in total. The van der Waals surface area contributed by atoms with Crippen LogP contribution in [0.3, 0.4) is 0 Å². The van der Waals surface area contributed by atoms with Crippen LogP contribution < -0.4 is 10.5 Å².